The second-order valence-corrected chi connectivity index (χ2v) is 6.94. The van der Waals surface area contributed by atoms with Gasteiger partial charge in [-0.3, -0.25) is 0 Å². The fourth-order valence-corrected chi connectivity index (χ4v) is 2.96. The van der Waals surface area contributed by atoms with Crippen molar-refractivity contribution in [3.05, 3.63) is 45.5 Å². The lowest BCUT2D eigenvalue weighted by molar-refractivity contribution is -0.144. The summed E-state index contributed by atoms with van der Waals surface area (Å²) in [4.78, 5) is 19.8. The molecule has 0 saturated carbocycles. The Kier molecular flexibility index (Phi) is 6.48. The molecule has 2 heterocycles. The summed E-state index contributed by atoms with van der Waals surface area (Å²) in [7, 11) is 1.37. The molecule has 0 bridgehead atoms. The average Bonchev–Trinajstić information content (AvgIpc) is 2.65. The molecule has 7 nitrogen and oxygen atoms in total. The minimum atomic E-state index is -4.70. The van der Waals surface area contributed by atoms with Crippen LogP contribution >= 0.6 is 27.5 Å². The van der Waals surface area contributed by atoms with Gasteiger partial charge in [-0.25, -0.2) is 19.9 Å². The van der Waals surface area contributed by atoms with Crippen LogP contribution in [0.25, 0.3) is 10.9 Å². The zero-order chi connectivity index (χ0) is 21.0. The third-order valence-corrected chi connectivity index (χ3v) is 4.20. The Morgan fingerprint density at radius 3 is 2.59 bits per heavy atom. The van der Waals surface area contributed by atoms with Crippen molar-refractivity contribution in [3.63, 3.8) is 0 Å². The predicted molar refractivity (Wildman–Crippen MR) is 103 cm³/mol. The Labute approximate surface area is 176 Å². The van der Waals surface area contributed by atoms with Crippen LogP contribution in [0.2, 0.25) is 5.02 Å². The Balaban J connectivity index is 2.14. The van der Waals surface area contributed by atoms with Gasteiger partial charge in [-0.2, -0.15) is 13.2 Å². The molecule has 0 fully saturated rings. The lowest BCUT2D eigenvalue weighted by atomic mass is 10.1. The summed E-state index contributed by atoms with van der Waals surface area (Å²) in [6.07, 6.45) is -0.150. The molecule has 0 amide bonds. The summed E-state index contributed by atoms with van der Waals surface area (Å²) in [5.41, 5.74) is 0.200. The molecule has 3 rings (SSSR count). The normalized spacial score (nSPS) is 11.9. The van der Waals surface area contributed by atoms with Gasteiger partial charge in [0.1, 0.15) is 12.9 Å². The second kappa shape index (κ2) is 8.87. The molecule has 1 aromatic carbocycles. The highest BCUT2D eigenvalue weighted by Gasteiger charge is 2.36. The summed E-state index contributed by atoms with van der Waals surface area (Å²) in [6, 6.07) is 3.00. The van der Waals surface area contributed by atoms with E-state index in [-0.39, 0.29) is 29.4 Å². The molecular formula is C17H12BrClF3N5O2. The van der Waals surface area contributed by atoms with Gasteiger partial charge in [0.25, 0.3) is 0 Å². The van der Waals surface area contributed by atoms with E-state index in [2.05, 4.69) is 45.9 Å². The maximum Gasteiger partial charge on any atom is 0.451 e. The molecule has 3 aromatic rings. The fourth-order valence-electron chi connectivity index (χ4n) is 2.44. The van der Waals surface area contributed by atoms with Crippen LogP contribution in [0.4, 0.5) is 13.2 Å². The Morgan fingerprint density at radius 2 is 1.93 bits per heavy atom. The summed E-state index contributed by atoms with van der Waals surface area (Å²) < 4.78 is 46.0. The number of aryl methyl sites for hydroxylation is 1. The average molecular weight is 491 g/mol. The van der Waals surface area contributed by atoms with Crippen LogP contribution in [-0.2, 0) is 17.4 Å². The summed E-state index contributed by atoms with van der Waals surface area (Å²) in [5, 5.41) is 4.21. The standard InChI is InChI=1S/C17H12BrClF3N5O2/c1-28-25-4-2-3-11-14-12(27-15(26-11)17(20,21)22)5-9(18)6-13(14)29-16-23-7-10(19)8-24-16/h4-8H,2-3H2,1H3/b25-4+. The van der Waals surface area contributed by atoms with E-state index in [9.17, 15) is 13.2 Å². The molecule has 0 N–H and O–H groups in total. The van der Waals surface area contributed by atoms with E-state index >= 15 is 0 Å². The van der Waals surface area contributed by atoms with Crippen molar-refractivity contribution in [2.24, 2.45) is 5.16 Å². The summed E-state index contributed by atoms with van der Waals surface area (Å²) >= 11 is 9.03. The van der Waals surface area contributed by atoms with E-state index in [4.69, 9.17) is 16.3 Å². The predicted octanol–water partition coefficient (Wildman–Crippen LogP) is 5.21. The van der Waals surface area contributed by atoms with Gasteiger partial charge >= 0.3 is 12.2 Å². The van der Waals surface area contributed by atoms with Crippen LogP contribution in [-0.4, -0.2) is 33.3 Å². The highest BCUT2D eigenvalue weighted by molar-refractivity contribution is 9.10. The van der Waals surface area contributed by atoms with E-state index < -0.39 is 12.0 Å². The topological polar surface area (TPSA) is 82.4 Å². The van der Waals surface area contributed by atoms with E-state index in [0.29, 0.717) is 21.3 Å². The number of alkyl halides is 3. The fraction of sp³-hybridized carbons (Fsp3) is 0.235. The largest absolute Gasteiger partial charge is 0.451 e. The molecule has 2 aromatic heterocycles. The quantitative estimate of drug-likeness (QED) is 0.348. The van der Waals surface area contributed by atoms with E-state index in [1.807, 2.05) is 0 Å². The molecule has 0 atom stereocenters. The van der Waals surface area contributed by atoms with Gasteiger partial charge < -0.3 is 9.57 Å². The second-order valence-electron chi connectivity index (χ2n) is 5.58. The zero-order valence-corrected chi connectivity index (χ0v) is 17.1. The van der Waals surface area contributed by atoms with Crippen molar-refractivity contribution in [1.82, 2.24) is 19.9 Å². The number of nitrogens with zero attached hydrogens (tertiary/aromatic N) is 5. The van der Waals surface area contributed by atoms with Gasteiger partial charge in [-0.1, -0.05) is 32.7 Å². The Morgan fingerprint density at radius 1 is 1.21 bits per heavy atom. The van der Waals surface area contributed by atoms with Crippen LogP contribution in [0.1, 0.15) is 17.9 Å². The first-order valence-corrected chi connectivity index (χ1v) is 9.23. The number of ether oxygens (including phenoxy) is 1. The third kappa shape index (κ3) is 5.30. The first-order valence-electron chi connectivity index (χ1n) is 8.05. The lowest BCUT2D eigenvalue weighted by Gasteiger charge is -2.14. The lowest BCUT2D eigenvalue weighted by Crippen LogP contribution is -2.13. The van der Waals surface area contributed by atoms with Gasteiger partial charge in [0, 0.05) is 10.7 Å². The smallest absolute Gasteiger partial charge is 0.423 e. The molecule has 0 radical (unpaired) electrons. The Bertz CT molecular complexity index is 1050. The number of hydrogen-bond donors (Lipinski definition) is 0. The van der Waals surface area contributed by atoms with Crippen LogP contribution in [0.15, 0.2) is 34.2 Å². The maximum absolute atomic E-state index is 13.3. The number of benzene rings is 1. The van der Waals surface area contributed by atoms with Crippen molar-refractivity contribution >= 4 is 44.6 Å². The van der Waals surface area contributed by atoms with Crippen LogP contribution in [0.3, 0.4) is 0 Å². The number of halogens is 5. The number of hydrogen-bond acceptors (Lipinski definition) is 7. The molecule has 0 unspecified atom stereocenters. The van der Waals surface area contributed by atoms with Crippen molar-refractivity contribution in [3.8, 4) is 11.8 Å². The van der Waals surface area contributed by atoms with Gasteiger partial charge in [0.05, 0.1) is 34.0 Å². The first-order chi connectivity index (χ1) is 13.8. The van der Waals surface area contributed by atoms with Crippen LogP contribution < -0.4 is 4.74 Å². The highest BCUT2D eigenvalue weighted by atomic mass is 79.9. The number of oxime groups is 1. The molecule has 0 saturated heterocycles. The maximum atomic E-state index is 13.3. The van der Waals surface area contributed by atoms with Crippen LogP contribution in [0.5, 0.6) is 11.8 Å². The summed E-state index contributed by atoms with van der Waals surface area (Å²) in [6.45, 7) is 0. The number of rotatable bonds is 6. The molecule has 12 heteroatoms. The van der Waals surface area contributed by atoms with Gasteiger partial charge in [-0.05, 0) is 25.0 Å². The van der Waals surface area contributed by atoms with Gasteiger partial charge in [0.2, 0.25) is 5.82 Å². The van der Waals surface area contributed by atoms with Crippen molar-refractivity contribution < 1.29 is 22.7 Å². The Hall–Kier alpha value is -2.53. The molecule has 0 aliphatic heterocycles. The van der Waals surface area contributed by atoms with E-state index in [1.165, 1.54) is 31.8 Å². The first kappa shape index (κ1) is 21.2. The van der Waals surface area contributed by atoms with Crippen molar-refractivity contribution in [2.75, 3.05) is 7.11 Å². The minimum absolute atomic E-state index is 0.0272. The minimum Gasteiger partial charge on any atom is -0.423 e. The molecule has 29 heavy (non-hydrogen) atoms. The van der Waals surface area contributed by atoms with Crippen molar-refractivity contribution in [1.29, 1.82) is 0 Å². The van der Waals surface area contributed by atoms with Crippen molar-refractivity contribution in [2.45, 2.75) is 19.0 Å². The molecule has 0 aliphatic rings. The zero-order valence-electron chi connectivity index (χ0n) is 14.7. The van der Waals surface area contributed by atoms with Crippen LogP contribution in [0, 0.1) is 0 Å². The molecular weight excluding hydrogens is 479 g/mol. The number of aromatic nitrogens is 4. The molecule has 0 spiro atoms. The number of fused-ring (bicyclic) bond motifs is 1. The third-order valence-electron chi connectivity index (χ3n) is 3.54. The molecule has 152 valence electrons. The molecule has 0 aliphatic carbocycles. The highest BCUT2D eigenvalue weighted by Crippen LogP contribution is 2.36. The van der Waals surface area contributed by atoms with Gasteiger partial charge in [-0.15, -0.1) is 0 Å². The summed E-state index contributed by atoms with van der Waals surface area (Å²) in [5.74, 6) is -1.04. The monoisotopic (exact) mass is 489 g/mol. The van der Waals surface area contributed by atoms with Gasteiger partial charge in [0.15, 0.2) is 0 Å². The van der Waals surface area contributed by atoms with E-state index in [0.717, 1.165) is 0 Å². The van der Waals surface area contributed by atoms with E-state index in [1.54, 1.807) is 6.07 Å². The SMILES string of the molecule is CO/N=C/CCc1nc(C(F)(F)F)nc2cc(Br)cc(Oc3ncc(Cl)cn3)c12.